The summed E-state index contributed by atoms with van der Waals surface area (Å²) < 4.78 is 0. The minimum absolute atomic E-state index is 0.0676. The molecule has 0 aliphatic carbocycles. The van der Waals surface area contributed by atoms with Crippen molar-refractivity contribution in [2.75, 3.05) is 39.0 Å². The van der Waals surface area contributed by atoms with Gasteiger partial charge in [0.2, 0.25) is 17.4 Å². The third kappa shape index (κ3) is 5.75. The number of hydrogen-bond donors (Lipinski definition) is 2. The molecule has 10 heteroatoms. The zero-order valence-electron chi connectivity index (χ0n) is 18.9. The molecule has 0 atom stereocenters. The summed E-state index contributed by atoms with van der Waals surface area (Å²) in [4.78, 5) is 45.2. The van der Waals surface area contributed by atoms with Gasteiger partial charge < -0.3 is 20.5 Å². The van der Waals surface area contributed by atoms with E-state index in [4.69, 9.17) is 10.6 Å². The van der Waals surface area contributed by atoms with Gasteiger partial charge >= 0.3 is 0 Å². The molecule has 1 amide bonds. The van der Waals surface area contributed by atoms with Gasteiger partial charge in [0, 0.05) is 55.5 Å². The number of rotatable bonds is 6. The molecule has 0 bridgehead atoms. The number of amides is 1. The van der Waals surface area contributed by atoms with E-state index in [0.717, 1.165) is 56.6 Å². The second kappa shape index (κ2) is 10.6. The van der Waals surface area contributed by atoms with E-state index in [0.29, 0.717) is 18.8 Å². The zero-order valence-corrected chi connectivity index (χ0v) is 18.9. The number of carbonyl (C=O) groups is 1. The molecule has 2 aromatic rings. The second-order valence-corrected chi connectivity index (χ2v) is 8.69. The minimum Gasteiger partial charge on any atom is -0.399 e. The fourth-order valence-corrected chi connectivity index (χ4v) is 4.71. The number of piperidine rings is 2. The van der Waals surface area contributed by atoms with Crippen molar-refractivity contribution in [3.63, 3.8) is 0 Å². The predicted octanol–water partition coefficient (Wildman–Crippen LogP) is 1.25. The Hall–Kier alpha value is -3.27. The lowest BCUT2D eigenvalue weighted by Crippen LogP contribution is -2.46. The van der Waals surface area contributed by atoms with E-state index in [1.807, 2.05) is 11.0 Å². The first-order chi connectivity index (χ1) is 16.0. The maximum absolute atomic E-state index is 13.1. The number of aromatic amines is 1. The molecule has 0 unspecified atom stereocenters. The maximum Gasteiger partial charge on any atom is 0.248 e. The minimum atomic E-state index is -0.167. The standard InChI is InChI=1S/C23H31N7O3/c1-33-28-21(19-3-2-4-20(31)27-19)17-7-11-30(12-8-17)22(32)18-5-9-29(10-6-18)15-16-13-25-23(24)26-14-16/h2-4,13-14,17-18H,5-12,15H2,1H3,(H,27,31)(H2,24,25,26)/b28-21-. The van der Waals surface area contributed by atoms with Crippen LogP contribution in [0.4, 0.5) is 5.95 Å². The molecule has 2 aliphatic heterocycles. The average Bonchev–Trinajstić information content (AvgIpc) is 2.84. The highest BCUT2D eigenvalue weighted by atomic mass is 16.6. The van der Waals surface area contributed by atoms with Crippen molar-refractivity contribution in [1.29, 1.82) is 0 Å². The zero-order chi connectivity index (χ0) is 23.2. The molecule has 33 heavy (non-hydrogen) atoms. The van der Waals surface area contributed by atoms with Crippen LogP contribution in [0.2, 0.25) is 0 Å². The Morgan fingerprint density at radius 1 is 1.12 bits per heavy atom. The molecule has 4 heterocycles. The second-order valence-electron chi connectivity index (χ2n) is 8.69. The van der Waals surface area contributed by atoms with Crippen LogP contribution in [0.3, 0.4) is 0 Å². The van der Waals surface area contributed by atoms with Crippen LogP contribution >= 0.6 is 0 Å². The van der Waals surface area contributed by atoms with E-state index in [9.17, 15) is 9.59 Å². The first kappa shape index (κ1) is 22.9. The number of nitrogens with zero attached hydrogens (tertiary/aromatic N) is 5. The summed E-state index contributed by atoms with van der Waals surface area (Å²) in [6.45, 7) is 3.90. The van der Waals surface area contributed by atoms with Crippen molar-refractivity contribution in [3.05, 3.63) is 52.2 Å². The number of likely N-dealkylation sites (tertiary alicyclic amines) is 2. The number of nitrogens with one attached hydrogen (secondary N) is 1. The molecule has 2 aromatic heterocycles. The Balaban J connectivity index is 1.28. The van der Waals surface area contributed by atoms with Gasteiger partial charge in [-0.3, -0.25) is 14.5 Å². The van der Waals surface area contributed by atoms with Gasteiger partial charge in [-0.05, 0) is 44.8 Å². The molecular formula is C23H31N7O3. The van der Waals surface area contributed by atoms with Crippen LogP contribution in [0.25, 0.3) is 0 Å². The van der Waals surface area contributed by atoms with Gasteiger partial charge in [0.15, 0.2) is 0 Å². The van der Waals surface area contributed by atoms with Crippen molar-refractivity contribution >= 4 is 17.6 Å². The number of hydrogen-bond acceptors (Lipinski definition) is 8. The molecule has 0 radical (unpaired) electrons. The number of nitrogen functional groups attached to an aromatic ring is 1. The van der Waals surface area contributed by atoms with Crippen molar-refractivity contribution in [2.45, 2.75) is 32.2 Å². The van der Waals surface area contributed by atoms with E-state index >= 15 is 0 Å². The van der Waals surface area contributed by atoms with E-state index in [1.54, 1.807) is 18.5 Å². The first-order valence-corrected chi connectivity index (χ1v) is 11.4. The Bertz CT molecular complexity index is 1020. The van der Waals surface area contributed by atoms with Crippen LogP contribution < -0.4 is 11.3 Å². The van der Waals surface area contributed by atoms with Gasteiger partial charge in [0.1, 0.15) is 12.8 Å². The van der Waals surface area contributed by atoms with Gasteiger partial charge in [-0.1, -0.05) is 11.2 Å². The van der Waals surface area contributed by atoms with Crippen LogP contribution in [-0.4, -0.2) is 69.7 Å². The Labute approximate surface area is 192 Å². The normalized spacial score (nSPS) is 18.9. The summed E-state index contributed by atoms with van der Waals surface area (Å²) in [5, 5.41) is 4.19. The van der Waals surface area contributed by atoms with Crippen molar-refractivity contribution in [1.82, 2.24) is 24.8 Å². The number of nitrogens with two attached hydrogens (primary N) is 1. The number of carbonyl (C=O) groups excluding carboxylic acids is 1. The van der Waals surface area contributed by atoms with E-state index in [1.165, 1.54) is 13.2 Å². The van der Waals surface area contributed by atoms with E-state index in [2.05, 4.69) is 25.0 Å². The fourth-order valence-electron chi connectivity index (χ4n) is 4.71. The number of anilines is 1. The molecule has 2 aliphatic rings. The van der Waals surface area contributed by atoms with Gasteiger partial charge in [0.05, 0.1) is 5.69 Å². The molecule has 0 aromatic carbocycles. The number of pyridine rings is 1. The SMILES string of the molecule is CO/N=C(\c1cccc(=O)[nH]1)C1CCN(C(=O)C2CCN(Cc3cnc(N)nc3)CC2)CC1. The summed E-state index contributed by atoms with van der Waals surface area (Å²) >= 11 is 0. The number of oxime groups is 1. The summed E-state index contributed by atoms with van der Waals surface area (Å²) in [7, 11) is 1.51. The molecule has 2 saturated heterocycles. The van der Waals surface area contributed by atoms with Gasteiger partial charge in [-0.2, -0.15) is 0 Å². The van der Waals surface area contributed by atoms with Gasteiger partial charge in [-0.25, -0.2) is 9.97 Å². The monoisotopic (exact) mass is 453 g/mol. The average molecular weight is 454 g/mol. The van der Waals surface area contributed by atoms with Crippen molar-refractivity contribution in [2.24, 2.45) is 17.0 Å². The van der Waals surface area contributed by atoms with Crippen LogP contribution in [0.1, 0.15) is 36.9 Å². The predicted molar refractivity (Wildman–Crippen MR) is 124 cm³/mol. The van der Waals surface area contributed by atoms with Crippen molar-refractivity contribution in [3.8, 4) is 0 Å². The van der Waals surface area contributed by atoms with E-state index < -0.39 is 0 Å². The third-order valence-electron chi connectivity index (χ3n) is 6.50. The molecule has 0 saturated carbocycles. The summed E-state index contributed by atoms with van der Waals surface area (Å²) in [5.41, 5.74) is 7.83. The molecule has 10 nitrogen and oxygen atoms in total. The highest BCUT2D eigenvalue weighted by Gasteiger charge is 2.32. The number of H-pyrrole nitrogens is 1. The van der Waals surface area contributed by atoms with Crippen molar-refractivity contribution < 1.29 is 9.63 Å². The fraction of sp³-hybridized carbons (Fsp3) is 0.522. The van der Waals surface area contributed by atoms with Crippen LogP contribution in [0.5, 0.6) is 0 Å². The Morgan fingerprint density at radius 3 is 2.42 bits per heavy atom. The van der Waals surface area contributed by atoms with E-state index in [-0.39, 0.29) is 29.3 Å². The molecular weight excluding hydrogens is 422 g/mol. The topological polar surface area (TPSA) is 130 Å². The maximum atomic E-state index is 13.1. The van der Waals surface area contributed by atoms with Gasteiger partial charge in [-0.15, -0.1) is 0 Å². The quantitative estimate of drug-likeness (QED) is 0.497. The molecule has 176 valence electrons. The van der Waals surface area contributed by atoms with Gasteiger partial charge in [0.25, 0.3) is 0 Å². The van der Waals surface area contributed by atoms with Crippen LogP contribution in [0.15, 0.2) is 40.5 Å². The number of aromatic nitrogens is 3. The highest BCUT2D eigenvalue weighted by Crippen LogP contribution is 2.26. The highest BCUT2D eigenvalue weighted by molar-refractivity contribution is 6.00. The first-order valence-electron chi connectivity index (χ1n) is 11.4. The largest absolute Gasteiger partial charge is 0.399 e. The summed E-state index contributed by atoms with van der Waals surface area (Å²) in [5.74, 6) is 0.737. The van der Waals surface area contributed by atoms with Crippen LogP contribution in [-0.2, 0) is 16.2 Å². The lowest BCUT2D eigenvalue weighted by molar-refractivity contribution is -0.138. The molecule has 3 N–H and O–H groups in total. The summed E-state index contributed by atoms with van der Waals surface area (Å²) in [6.07, 6.45) is 6.82. The lowest BCUT2D eigenvalue weighted by Gasteiger charge is -2.37. The smallest absolute Gasteiger partial charge is 0.248 e. The molecule has 0 spiro atoms. The summed E-state index contributed by atoms with van der Waals surface area (Å²) in [6, 6.07) is 5.02. The van der Waals surface area contributed by atoms with Crippen LogP contribution in [0, 0.1) is 11.8 Å². The third-order valence-corrected chi connectivity index (χ3v) is 6.50. The molecule has 4 rings (SSSR count). The lowest BCUT2D eigenvalue weighted by atomic mass is 9.88. The molecule has 2 fully saturated rings. The Morgan fingerprint density at radius 2 is 1.79 bits per heavy atom. The Kier molecular flexibility index (Phi) is 7.33.